The van der Waals surface area contributed by atoms with Gasteiger partial charge in [-0.3, -0.25) is 4.98 Å². The van der Waals surface area contributed by atoms with Crippen molar-refractivity contribution >= 4 is 15.9 Å². The number of ether oxygens (including phenoxy) is 1. The van der Waals surface area contributed by atoms with Crippen LogP contribution in [0.5, 0.6) is 0 Å². The van der Waals surface area contributed by atoms with Crippen molar-refractivity contribution < 1.29 is 4.74 Å². The van der Waals surface area contributed by atoms with Crippen LogP contribution in [0.25, 0.3) is 0 Å². The zero-order valence-corrected chi connectivity index (χ0v) is 15.2. The van der Waals surface area contributed by atoms with Crippen LogP contribution in [-0.4, -0.2) is 9.97 Å². The fraction of sp³-hybridized carbons (Fsp3) is 0.474. The molecule has 4 rings (SSSR count). The van der Waals surface area contributed by atoms with Gasteiger partial charge in [0.1, 0.15) is 10.7 Å². The molecule has 5 unspecified atom stereocenters. The van der Waals surface area contributed by atoms with Crippen molar-refractivity contribution in [1.82, 2.24) is 9.97 Å². The number of halogens is 1. The van der Waals surface area contributed by atoms with E-state index >= 15 is 0 Å². The summed E-state index contributed by atoms with van der Waals surface area (Å²) in [6.07, 6.45) is 3.07. The molecule has 1 saturated heterocycles. The number of rotatable bonds is 2. The van der Waals surface area contributed by atoms with E-state index in [9.17, 15) is 0 Å². The Hall–Kier alpha value is -1.26. The van der Waals surface area contributed by atoms with Crippen LogP contribution in [0.1, 0.15) is 61.4 Å². The molecule has 0 N–H and O–H groups in total. The second kappa shape index (κ2) is 5.67. The summed E-state index contributed by atoms with van der Waals surface area (Å²) in [5, 5.41) is 0. The van der Waals surface area contributed by atoms with Gasteiger partial charge in [0.15, 0.2) is 0 Å². The molecule has 0 spiro atoms. The summed E-state index contributed by atoms with van der Waals surface area (Å²) in [5.41, 5.74) is 4.78. The normalized spacial score (nSPS) is 31.9. The molecule has 1 aliphatic carbocycles. The molecule has 1 fully saturated rings. The van der Waals surface area contributed by atoms with Gasteiger partial charge in [0.05, 0.1) is 23.7 Å². The minimum Gasteiger partial charge on any atom is -0.363 e. The van der Waals surface area contributed by atoms with Crippen LogP contribution in [-0.2, 0) is 11.2 Å². The topological polar surface area (TPSA) is 35.0 Å². The molecular formula is C19H21BrN2O. The molecule has 0 radical (unpaired) electrons. The Labute approximate surface area is 145 Å². The van der Waals surface area contributed by atoms with Crippen molar-refractivity contribution in [3.63, 3.8) is 0 Å². The largest absolute Gasteiger partial charge is 0.363 e. The molecule has 2 aliphatic rings. The zero-order valence-electron chi connectivity index (χ0n) is 13.7. The van der Waals surface area contributed by atoms with Crippen molar-refractivity contribution in [2.75, 3.05) is 0 Å². The van der Waals surface area contributed by atoms with Gasteiger partial charge in [0.2, 0.25) is 0 Å². The summed E-state index contributed by atoms with van der Waals surface area (Å²) in [7, 11) is 0. The van der Waals surface area contributed by atoms with Crippen molar-refractivity contribution in [2.45, 2.75) is 45.3 Å². The SMILES string of the molecule is CCc1ccc(C2OC3c4nc(Br)cnc4C3C(C)C2C)cc1. The van der Waals surface area contributed by atoms with Crippen molar-refractivity contribution in [1.29, 1.82) is 0 Å². The lowest BCUT2D eigenvalue weighted by atomic mass is 9.65. The van der Waals surface area contributed by atoms with Gasteiger partial charge in [-0.2, -0.15) is 0 Å². The van der Waals surface area contributed by atoms with E-state index in [1.54, 1.807) is 6.20 Å². The third-order valence-electron chi connectivity index (χ3n) is 5.59. The van der Waals surface area contributed by atoms with E-state index in [1.807, 2.05) is 0 Å². The Morgan fingerprint density at radius 3 is 2.48 bits per heavy atom. The molecule has 1 aromatic carbocycles. The van der Waals surface area contributed by atoms with Gasteiger partial charge in [-0.05, 0) is 45.3 Å². The van der Waals surface area contributed by atoms with Gasteiger partial charge in [0, 0.05) is 5.92 Å². The molecule has 0 bridgehead atoms. The average molecular weight is 373 g/mol. The highest BCUT2D eigenvalue weighted by Crippen LogP contribution is 2.59. The van der Waals surface area contributed by atoms with Crippen LogP contribution < -0.4 is 0 Å². The number of fused-ring (bicyclic) bond motifs is 4. The fourth-order valence-electron chi connectivity index (χ4n) is 3.96. The predicted molar refractivity (Wildman–Crippen MR) is 93.2 cm³/mol. The predicted octanol–water partition coefficient (Wildman–Crippen LogP) is 4.98. The second-order valence-corrected chi connectivity index (χ2v) is 7.59. The summed E-state index contributed by atoms with van der Waals surface area (Å²) < 4.78 is 7.27. The molecule has 4 heteroatoms. The van der Waals surface area contributed by atoms with Crippen molar-refractivity contribution in [3.8, 4) is 0 Å². The summed E-state index contributed by atoms with van der Waals surface area (Å²) in [6.45, 7) is 6.80. The lowest BCUT2D eigenvalue weighted by Gasteiger charge is -2.50. The van der Waals surface area contributed by atoms with Crippen LogP contribution in [0.2, 0.25) is 0 Å². The molecule has 5 atom stereocenters. The monoisotopic (exact) mass is 372 g/mol. The van der Waals surface area contributed by atoms with E-state index in [0.29, 0.717) is 17.8 Å². The third kappa shape index (κ3) is 2.34. The second-order valence-electron chi connectivity index (χ2n) is 6.78. The Morgan fingerprint density at radius 1 is 1.04 bits per heavy atom. The Morgan fingerprint density at radius 2 is 1.78 bits per heavy atom. The van der Waals surface area contributed by atoms with Crippen LogP contribution in [0, 0.1) is 11.8 Å². The van der Waals surface area contributed by atoms with E-state index in [2.05, 4.69) is 70.9 Å². The molecular weight excluding hydrogens is 352 g/mol. The lowest BCUT2D eigenvalue weighted by Crippen LogP contribution is -2.43. The molecule has 0 amide bonds. The summed E-state index contributed by atoms with van der Waals surface area (Å²) >= 11 is 3.42. The third-order valence-corrected chi connectivity index (χ3v) is 5.98. The summed E-state index contributed by atoms with van der Waals surface area (Å²) in [6, 6.07) is 8.87. The first-order chi connectivity index (χ1) is 11.1. The zero-order chi connectivity index (χ0) is 16.1. The van der Waals surface area contributed by atoms with Crippen LogP contribution in [0.3, 0.4) is 0 Å². The number of hydrogen-bond acceptors (Lipinski definition) is 3. The van der Waals surface area contributed by atoms with E-state index in [0.717, 1.165) is 22.4 Å². The van der Waals surface area contributed by atoms with Gasteiger partial charge in [-0.1, -0.05) is 45.0 Å². The molecule has 0 saturated carbocycles. The summed E-state index contributed by atoms with van der Waals surface area (Å²) in [5.74, 6) is 1.38. The number of benzene rings is 1. The van der Waals surface area contributed by atoms with Crippen LogP contribution >= 0.6 is 15.9 Å². The number of aromatic nitrogens is 2. The Balaban J connectivity index is 1.66. The maximum absolute atomic E-state index is 6.49. The first-order valence-electron chi connectivity index (χ1n) is 8.36. The van der Waals surface area contributed by atoms with E-state index in [-0.39, 0.29) is 12.2 Å². The highest BCUT2D eigenvalue weighted by atomic mass is 79.9. The minimum atomic E-state index is 0.0806. The van der Waals surface area contributed by atoms with Crippen LogP contribution in [0.15, 0.2) is 35.1 Å². The molecule has 120 valence electrons. The lowest BCUT2D eigenvalue weighted by molar-refractivity contribution is -0.140. The Kier molecular flexibility index (Phi) is 3.77. The van der Waals surface area contributed by atoms with Gasteiger partial charge >= 0.3 is 0 Å². The standard InChI is InChI=1S/C19H21BrN2O/c1-4-12-5-7-13(8-6-12)18-11(3)10(2)15-16-17(19(15)23-18)22-14(20)9-21-16/h5-11,15,18-19H,4H2,1-3H3. The Bertz CT molecular complexity index is 731. The molecule has 23 heavy (non-hydrogen) atoms. The smallest absolute Gasteiger partial charge is 0.124 e. The molecule has 3 nitrogen and oxygen atoms in total. The highest BCUT2D eigenvalue weighted by molar-refractivity contribution is 9.10. The molecule has 2 aromatic rings. The number of hydrogen-bond donors (Lipinski definition) is 0. The van der Waals surface area contributed by atoms with Crippen molar-refractivity contribution in [2.24, 2.45) is 11.8 Å². The minimum absolute atomic E-state index is 0.0806. The van der Waals surface area contributed by atoms with Gasteiger partial charge in [-0.25, -0.2) is 4.98 Å². The van der Waals surface area contributed by atoms with Gasteiger partial charge in [0.25, 0.3) is 0 Å². The first-order valence-corrected chi connectivity index (χ1v) is 9.16. The first kappa shape index (κ1) is 15.3. The fourth-order valence-corrected chi connectivity index (χ4v) is 4.25. The molecule has 1 aliphatic heterocycles. The van der Waals surface area contributed by atoms with Crippen LogP contribution in [0.4, 0.5) is 0 Å². The van der Waals surface area contributed by atoms with Gasteiger partial charge < -0.3 is 4.74 Å². The van der Waals surface area contributed by atoms with E-state index in [4.69, 9.17) is 4.74 Å². The van der Waals surface area contributed by atoms with Crippen molar-refractivity contribution in [3.05, 3.63) is 57.6 Å². The summed E-state index contributed by atoms with van der Waals surface area (Å²) in [4.78, 5) is 9.15. The maximum atomic E-state index is 6.49. The number of aryl methyl sites for hydroxylation is 1. The maximum Gasteiger partial charge on any atom is 0.124 e. The van der Waals surface area contributed by atoms with E-state index < -0.39 is 0 Å². The number of nitrogens with zero attached hydrogens (tertiary/aromatic N) is 2. The molecule has 2 heterocycles. The quantitative estimate of drug-likeness (QED) is 0.745. The highest BCUT2D eigenvalue weighted by Gasteiger charge is 2.52. The van der Waals surface area contributed by atoms with Gasteiger partial charge in [-0.15, -0.1) is 0 Å². The average Bonchev–Trinajstić information content (AvgIpc) is 2.56. The van der Waals surface area contributed by atoms with E-state index in [1.165, 1.54) is 11.1 Å². The molecule has 1 aromatic heterocycles.